The zero-order valence-electron chi connectivity index (χ0n) is 15.2. The summed E-state index contributed by atoms with van der Waals surface area (Å²) in [6.45, 7) is -0.305. The number of halogens is 3. The van der Waals surface area contributed by atoms with Gasteiger partial charge in [0, 0.05) is 11.8 Å². The Morgan fingerprint density at radius 1 is 1.10 bits per heavy atom. The molecule has 2 rings (SSSR count). The van der Waals surface area contributed by atoms with Crippen molar-refractivity contribution in [1.29, 1.82) is 0 Å². The largest absolute Gasteiger partial charge is 0.573 e. The lowest BCUT2D eigenvalue weighted by Gasteiger charge is -2.10. The molecule has 0 spiro atoms. The molecule has 7 nitrogen and oxygen atoms in total. The van der Waals surface area contributed by atoms with E-state index in [-0.39, 0.29) is 6.61 Å². The van der Waals surface area contributed by atoms with E-state index >= 15 is 0 Å². The predicted molar refractivity (Wildman–Crippen MR) is 98.5 cm³/mol. The minimum Gasteiger partial charge on any atom is -0.493 e. The number of hydrogen-bond acceptors (Lipinski definition) is 5. The Bertz CT molecular complexity index is 896. The first kappa shape index (κ1) is 21.6. The number of benzene rings is 2. The zero-order chi connectivity index (χ0) is 21.4. The molecule has 3 N–H and O–H groups in total. The van der Waals surface area contributed by atoms with Gasteiger partial charge in [-0.15, -0.1) is 13.2 Å². The minimum absolute atomic E-state index is 0.293. The number of rotatable bonds is 8. The Hall–Kier alpha value is -3.69. The van der Waals surface area contributed by atoms with Crippen LogP contribution in [-0.2, 0) is 9.59 Å². The summed E-state index contributed by atoms with van der Waals surface area (Å²) in [7, 11) is 1.42. The number of methoxy groups -OCH3 is 1. The quantitative estimate of drug-likeness (QED) is 0.652. The van der Waals surface area contributed by atoms with Crippen molar-refractivity contribution in [2.45, 2.75) is 6.36 Å². The predicted octanol–water partition coefficient (Wildman–Crippen LogP) is 3.11. The summed E-state index contributed by atoms with van der Waals surface area (Å²) in [6.07, 6.45) is -2.05. The van der Waals surface area contributed by atoms with E-state index in [0.717, 1.165) is 12.1 Å². The number of carbonyl (C=O) groups excluding carboxylic acids is 2. The number of nitrogens with one attached hydrogen (secondary N) is 1. The maximum absolute atomic E-state index is 12.1. The molecule has 0 bridgehead atoms. The molecule has 0 aromatic heterocycles. The molecule has 0 aliphatic carbocycles. The van der Waals surface area contributed by atoms with Gasteiger partial charge < -0.3 is 25.3 Å². The molecule has 0 saturated carbocycles. The molecule has 29 heavy (non-hydrogen) atoms. The van der Waals surface area contributed by atoms with Gasteiger partial charge in [-0.2, -0.15) is 0 Å². The maximum atomic E-state index is 12.1. The third-order valence-corrected chi connectivity index (χ3v) is 3.34. The third-order valence-electron chi connectivity index (χ3n) is 3.34. The number of alkyl halides is 3. The Balaban J connectivity index is 1.98. The van der Waals surface area contributed by atoms with E-state index in [2.05, 4.69) is 10.1 Å². The third kappa shape index (κ3) is 7.45. The highest BCUT2D eigenvalue weighted by molar-refractivity contribution is 6.02. The smallest absolute Gasteiger partial charge is 0.493 e. The topological polar surface area (TPSA) is 99.9 Å². The van der Waals surface area contributed by atoms with Crippen LogP contribution in [0.4, 0.5) is 18.9 Å². The zero-order valence-corrected chi connectivity index (χ0v) is 15.2. The Labute approximate surface area is 163 Å². The van der Waals surface area contributed by atoms with Crippen LogP contribution in [0.1, 0.15) is 5.56 Å². The lowest BCUT2D eigenvalue weighted by Crippen LogP contribution is -2.20. The van der Waals surface area contributed by atoms with Crippen LogP contribution >= 0.6 is 0 Å². The highest BCUT2D eigenvalue weighted by atomic mass is 19.4. The van der Waals surface area contributed by atoms with Crippen LogP contribution in [0.25, 0.3) is 6.08 Å². The minimum atomic E-state index is -4.78. The summed E-state index contributed by atoms with van der Waals surface area (Å²) < 4.78 is 50.5. The van der Waals surface area contributed by atoms with Crippen LogP contribution in [0, 0.1) is 0 Å². The van der Waals surface area contributed by atoms with Crippen LogP contribution in [-0.4, -0.2) is 31.9 Å². The van der Waals surface area contributed by atoms with E-state index in [4.69, 9.17) is 15.2 Å². The van der Waals surface area contributed by atoms with E-state index in [0.29, 0.717) is 22.7 Å². The van der Waals surface area contributed by atoms with E-state index in [1.807, 2.05) is 0 Å². The van der Waals surface area contributed by atoms with E-state index in [1.54, 1.807) is 18.2 Å². The summed E-state index contributed by atoms with van der Waals surface area (Å²) in [4.78, 5) is 22.8. The van der Waals surface area contributed by atoms with Gasteiger partial charge in [0.15, 0.2) is 18.1 Å². The molecular weight excluding hydrogens is 393 g/mol. The van der Waals surface area contributed by atoms with Gasteiger partial charge in [-0.25, -0.2) is 0 Å². The first-order valence-corrected chi connectivity index (χ1v) is 8.10. The number of primary amides is 1. The van der Waals surface area contributed by atoms with Gasteiger partial charge in [-0.3, -0.25) is 9.59 Å². The molecule has 0 saturated heterocycles. The van der Waals surface area contributed by atoms with Crippen molar-refractivity contribution < 1.29 is 37.0 Å². The molecule has 2 aromatic rings. The van der Waals surface area contributed by atoms with Gasteiger partial charge in [0.1, 0.15) is 5.75 Å². The highest BCUT2D eigenvalue weighted by Gasteiger charge is 2.30. The second kappa shape index (κ2) is 9.49. The maximum Gasteiger partial charge on any atom is 0.573 e. The SMILES string of the molecule is COc1cc(/C=C/C(=O)Nc2ccc(OC(F)(F)F)cc2)ccc1OCC(N)=O. The van der Waals surface area contributed by atoms with E-state index < -0.39 is 23.9 Å². The summed E-state index contributed by atoms with van der Waals surface area (Å²) in [6, 6.07) is 9.50. The number of carbonyl (C=O) groups is 2. The second-order valence-electron chi connectivity index (χ2n) is 5.56. The van der Waals surface area contributed by atoms with Crippen LogP contribution < -0.4 is 25.3 Å². The molecule has 0 fully saturated rings. The molecule has 0 radical (unpaired) electrons. The standard InChI is InChI=1S/C19H17F3N2O5/c1-27-16-10-12(2-8-15(16)28-11-17(23)25)3-9-18(26)24-13-4-6-14(7-5-13)29-19(20,21)22/h2-10H,11H2,1H3,(H2,23,25)(H,24,26)/b9-3+. The number of hydrogen-bond donors (Lipinski definition) is 2. The lowest BCUT2D eigenvalue weighted by atomic mass is 10.2. The number of nitrogens with two attached hydrogens (primary N) is 1. The Morgan fingerprint density at radius 3 is 2.38 bits per heavy atom. The number of amides is 2. The van der Waals surface area contributed by atoms with Crippen molar-refractivity contribution in [3.8, 4) is 17.2 Å². The van der Waals surface area contributed by atoms with Crippen molar-refractivity contribution in [3.63, 3.8) is 0 Å². The van der Waals surface area contributed by atoms with Crippen molar-refractivity contribution in [3.05, 3.63) is 54.1 Å². The van der Waals surface area contributed by atoms with Crippen molar-refractivity contribution in [1.82, 2.24) is 0 Å². The monoisotopic (exact) mass is 410 g/mol. The highest BCUT2D eigenvalue weighted by Crippen LogP contribution is 2.28. The fourth-order valence-corrected chi connectivity index (χ4v) is 2.15. The lowest BCUT2D eigenvalue weighted by molar-refractivity contribution is -0.274. The van der Waals surface area contributed by atoms with Crippen LogP contribution in [0.2, 0.25) is 0 Å². The second-order valence-corrected chi connectivity index (χ2v) is 5.56. The van der Waals surface area contributed by atoms with E-state index in [1.165, 1.54) is 31.4 Å². The fourth-order valence-electron chi connectivity index (χ4n) is 2.15. The molecule has 0 unspecified atom stereocenters. The Morgan fingerprint density at radius 2 is 1.79 bits per heavy atom. The number of ether oxygens (including phenoxy) is 3. The molecule has 2 aromatic carbocycles. The van der Waals surface area contributed by atoms with Crippen LogP contribution in [0.3, 0.4) is 0 Å². The first-order valence-electron chi connectivity index (χ1n) is 8.10. The molecule has 2 amide bonds. The van der Waals surface area contributed by atoms with Gasteiger partial charge in [-0.1, -0.05) is 6.07 Å². The summed E-state index contributed by atoms with van der Waals surface area (Å²) in [5.41, 5.74) is 5.93. The number of anilines is 1. The van der Waals surface area contributed by atoms with E-state index in [9.17, 15) is 22.8 Å². The Kier molecular flexibility index (Phi) is 7.07. The van der Waals surface area contributed by atoms with Crippen molar-refractivity contribution in [2.24, 2.45) is 5.73 Å². The van der Waals surface area contributed by atoms with Crippen LogP contribution in [0.5, 0.6) is 17.2 Å². The van der Waals surface area contributed by atoms with Gasteiger partial charge in [-0.05, 0) is 48.0 Å². The van der Waals surface area contributed by atoms with Crippen molar-refractivity contribution in [2.75, 3.05) is 19.0 Å². The normalized spacial score (nSPS) is 11.2. The molecule has 0 aliphatic rings. The van der Waals surface area contributed by atoms with Crippen LogP contribution in [0.15, 0.2) is 48.5 Å². The van der Waals surface area contributed by atoms with Gasteiger partial charge in [0.05, 0.1) is 7.11 Å². The molecule has 10 heteroatoms. The van der Waals surface area contributed by atoms with Gasteiger partial charge in [0.2, 0.25) is 5.91 Å². The average Bonchev–Trinajstić information content (AvgIpc) is 2.65. The summed E-state index contributed by atoms with van der Waals surface area (Å²) >= 11 is 0. The molecule has 154 valence electrons. The van der Waals surface area contributed by atoms with Gasteiger partial charge >= 0.3 is 6.36 Å². The average molecular weight is 410 g/mol. The fraction of sp³-hybridized carbons (Fsp3) is 0.158. The molecular formula is C19H17F3N2O5. The summed E-state index contributed by atoms with van der Waals surface area (Å²) in [5, 5.41) is 2.51. The van der Waals surface area contributed by atoms with Gasteiger partial charge in [0.25, 0.3) is 5.91 Å². The first-order chi connectivity index (χ1) is 13.7. The van der Waals surface area contributed by atoms with Crippen molar-refractivity contribution >= 4 is 23.6 Å². The summed E-state index contributed by atoms with van der Waals surface area (Å²) in [5.74, 6) is -0.867. The molecule has 0 aliphatic heterocycles. The molecule has 0 atom stereocenters. The molecule has 0 heterocycles.